The summed E-state index contributed by atoms with van der Waals surface area (Å²) in [5, 5.41) is 1.36. The maximum atomic E-state index is 13.3. The number of carbonyl (C=O) groups is 1. The Labute approximate surface area is 153 Å². The zero-order valence-electron chi connectivity index (χ0n) is 15.0. The van der Waals surface area contributed by atoms with Crippen LogP contribution < -0.4 is 4.74 Å². The summed E-state index contributed by atoms with van der Waals surface area (Å²) in [4.78, 5) is 12.3. The first-order valence-electron chi connectivity index (χ1n) is 8.71. The zero-order valence-corrected chi connectivity index (χ0v) is 15.8. The van der Waals surface area contributed by atoms with E-state index in [9.17, 15) is 13.2 Å². The molecule has 1 atom stereocenters. The monoisotopic (exact) mass is 377 g/mol. The second kappa shape index (κ2) is 7.63. The molecule has 1 aliphatic rings. The number of rotatable bonds is 5. The highest BCUT2D eigenvalue weighted by atomic mass is 32.2. The van der Waals surface area contributed by atoms with Gasteiger partial charge >= 0.3 is 5.97 Å². The van der Waals surface area contributed by atoms with E-state index < -0.39 is 15.9 Å². The molecule has 1 heterocycles. The van der Waals surface area contributed by atoms with Gasteiger partial charge in [-0.2, -0.15) is 4.31 Å². The number of methoxy groups -OCH3 is 1. The molecule has 3 rings (SSSR count). The lowest BCUT2D eigenvalue weighted by Gasteiger charge is -2.31. The molecule has 2 aromatic carbocycles. The molecule has 0 spiro atoms. The van der Waals surface area contributed by atoms with Crippen LogP contribution in [0.25, 0.3) is 10.8 Å². The van der Waals surface area contributed by atoms with Gasteiger partial charge in [-0.15, -0.1) is 0 Å². The topological polar surface area (TPSA) is 72.9 Å². The summed E-state index contributed by atoms with van der Waals surface area (Å²) < 4.78 is 38.3. The third-order valence-corrected chi connectivity index (χ3v) is 6.61. The minimum absolute atomic E-state index is 0.154. The molecule has 1 saturated heterocycles. The average molecular weight is 377 g/mol. The first kappa shape index (κ1) is 18.7. The Kier molecular flexibility index (Phi) is 5.48. The second-order valence-corrected chi connectivity index (χ2v) is 8.17. The van der Waals surface area contributed by atoms with E-state index in [1.54, 1.807) is 38.3 Å². The van der Waals surface area contributed by atoms with Crippen molar-refractivity contribution >= 4 is 26.8 Å². The van der Waals surface area contributed by atoms with E-state index in [4.69, 9.17) is 9.47 Å². The minimum atomic E-state index is -3.72. The Morgan fingerprint density at radius 2 is 1.92 bits per heavy atom. The van der Waals surface area contributed by atoms with Crippen molar-refractivity contribution in [3.63, 3.8) is 0 Å². The maximum Gasteiger partial charge on any atom is 0.310 e. The van der Waals surface area contributed by atoms with E-state index in [2.05, 4.69) is 0 Å². The van der Waals surface area contributed by atoms with E-state index in [0.717, 1.165) is 5.39 Å². The van der Waals surface area contributed by atoms with Gasteiger partial charge in [-0.1, -0.05) is 24.3 Å². The van der Waals surface area contributed by atoms with Crippen LogP contribution in [0.3, 0.4) is 0 Å². The molecule has 1 fully saturated rings. The summed E-state index contributed by atoms with van der Waals surface area (Å²) in [5.41, 5.74) is 0. The van der Waals surface area contributed by atoms with Crippen molar-refractivity contribution in [3.05, 3.63) is 36.4 Å². The summed E-state index contributed by atoms with van der Waals surface area (Å²) in [5.74, 6) is -0.113. The summed E-state index contributed by atoms with van der Waals surface area (Å²) in [7, 11) is -2.16. The molecule has 6 nitrogen and oxygen atoms in total. The Morgan fingerprint density at radius 3 is 2.62 bits per heavy atom. The third-order valence-electron chi connectivity index (χ3n) is 4.69. The van der Waals surface area contributed by atoms with Crippen LogP contribution in [0.15, 0.2) is 41.3 Å². The molecule has 0 aliphatic carbocycles. The van der Waals surface area contributed by atoms with Gasteiger partial charge in [0, 0.05) is 23.9 Å². The number of hydrogen-bond donors (Lipinski definition) is 0. The Hall–Kier alpha value is -2.12. The lowest BCUT2D eigenvalue weighted by molar-refractivity contribution is -0.149. The fourth-order valence-corrected chi connectivity index (χ4v) is 5.12. The van der Waals surface area contributed by atoms with Gasteiger partial charge in [0.15, 0.2) is 0 Å². The first-order valence-corrected chi connectivity index (χ1v) is 10.2. The molecule has 0 N–H and O–H groups in total. The van der Waals surface area contributed by atoms with E-state index in [1.165, 1.54) is 4.31 Å². The van der Waals surface area contributed by atoms with Gasteiger partial charge in [0.05, 0.1) is 24.5 Å². The molecular weight excluding hydrogens is 354 g/mol. The van der Waals surface area contributed by atoms with Gasteiger partial charge in [0.1, 0.15) is 5.75 Å². The normalized spacial score (nSPS) is 18.6. The standard InChI is InChI=1S/C19H23NO5S/c1-3-25-19(21)14-7-6-12-20(13-14)26(22,23)18-11-10-17(24-2)15-8-4-5-9-16(15)18/h4-5,8-11,14H,3,6-7,12-13H2,1-2H3/t14-/m0/s1. The quantitative estimate of drug-likeness (QED) is 0.749. The van der Waals surface area contributed by atoms with Crippen molar-refractivity contribution in [2.45, 2.75) is 24.7 Å². The lowest BCUT2D eigenvalue weighted by atomic mass is 10.0. The SMILES string of the molecule is CCOC(=O)[C@H]1CCCN(S(=O)(=O)c2ccc(OC)c3ccccc23)C1. The van der Waals surface area contributed by atoms with Gasteiger partial charge < -0.3 is 9.47 Å². The minimum Gasteiger partial charge on any atom is -0.496 e. The van der Waals surface area contributed by atoms with E-state index in [0.29, 0.717) is 37.1 Å². The van der Waals surface area contributed by atoms with Gasteiger partial charge in [0.25, 0.3) is 0 Å². The van der Waals surface area contributed by atoms with E-state index >= 15 is 0 Å². The van der Waals surface area contributed by atoms with Crippen molar-refractivity contribution in [1.29, 1.82) is 0 Å². The molecule has 0 saturated carbocycles. The summed E-state index contributed by atoms with van der Waals surface area (Å²) >= 11 is 0. The van der Waals surface area contributed by atoms with Crippen LogP contribution in [0, 0.1) is 5.92 Å². The maximum absolute atomic E-state index is 13.3. The van der Waals surface area contributed by atoms with Crippen molar-refractivity contribution in [3.8, 4) is 5.75 Å². The van der Waals surface area contributed by atoms with Crippen molar-refractivity contribution < 1.29 is 22.7 Å². The number of nitrogens with zero attached hydrogens (tertiary/aromatic N) is 1. The van der Waals surface area contributed by atoms with E-state index in [1.807, 2.05) is 12.1 Å². The third kappa shape index (κ3) is 3.41. The van der Waals surface area contributed by atoms with Crippen LogP contribution in [0.5, 0.6) is 5.75 Å². The highest BCUT2D eigenvalue weighted by Gasteiger charge is 2.34. The fraction of sp³-hybridized carbons (Fsp3) is 0.421. The largest absolute Gasteiger partial charge is 0.496 e. The van der Waals surface area contributed by atoms with Crippen LogP contribution in [-0.4, -0.2) is 45.5 Å². The molecule has 0 radical (unpaired) electrons. The molecule has 0 bridgehead atoms. The number of sulfonamides is 1. The van der Waals surface area contributed by atoms with Crippen LogP contribution in [0.2, 0.25) is 0 Å². The Balaban J connectivity index is 1.98. The van der Waals surface area contributed by atoms with E-state index in [-0.39, 0.29) is 17.4 Å². The molecule has 0 unspecified atom stereocenters. The Morgan fingerprint density at radius 1 is 1.19 bits per heavy atom. The second-order valence-electron chi connectivity index (χ2n) is 6.27. The highest BCUT2D eigenvalue weighted by Crippen LogP contribution is 2.33. The molecule has 0 aromatic heterocycles. The molecule has 0 amide bonds. The van der Waals surface area contributed by atoms with Crippen LogP contribution >= 0.6 is 0 Å². The zero-order chi connectivity index (χ0) is 18.7. The lowest BCUT2D eigenvalue weighted by Crippen LogP contribution is -2.42. The van der Waals surface area contributed by atoms with Crippen molar-refractivity contribution in [1.82, 2.24) is 4.31 Å². The summed E-state index contributed by atoms with van der Waals surface area (Å²) in [6.45, 7) is 2.60. The summed E-state index contributed by atoms with van der Waals surface area (Å²) in [6, 6.07) is 10.5. The average Bonchev–Trinajstić information content (AvgIpc) is 2.67. The Bertz CT molecular complexity index is 909. The predicted molar refractivity (Wildman–Crippen MR) is 98.6 cm³/mol. The van der Waals surface area contributed by atoms with Gasteiger partial charge in [0.2, 0.25) is 10.0 Å². The molecular formula is C19H23NO5S. The number of piperidine rings is 1. The number of esters is 1. The van der Waals surface area contributed by atoms with Crippen molar-refractivity contribution in [2.24, 2.45) is 5.92 Å². The smallest absolute Gasteiger partial charge is 0.310 e. The molecule has 140 valence electrons. The number of benzene rings is 2. The molecule has 1 aliphatic heterocycles. The van der Waals surface area contributed by atoms with Crippen LogP contribution in [0.4, 0.5) is 0 Å². The summed E-state index contributed by atoms with van der Waals surface area (Å²) in [6.07, 6.45) is 1.28. The number of carbonyl (C=O) groups excluding carboxylic acids is 1. The number of fused-ring (bicyclic) bond motifs is 1. The predicted octanol–water partition coefficient (Wildman–Crippen LogP) is 2.81. The molecule has 2 aromatic rings. The van der Waals surface area contributed by atoms with Gasteiger partial charge in [-0.05, 0) is 31.9 Å². The van der Waals surface area contributed by atoms with Crippen LogP contribution in [0.1, 0.15) is 19.8 Å². The van der Waals surface area contributed by atoms with Crippen LogP contribution in [-0.2, 0) is 19.6 Å². The number of hydrogen-bond acceptors (Lipinski definition) is 5. The van der Waals surface area contributed by atoms with Crippen molar-refractivity contribution in [2.75, 3.05) is 26.8 Å². The molecule has 26 heavy (non-hydrogen) atoms. The first-order chi connectivity index (χ1) is 12.5. The highest BCUT2D eigenvalue weighted by molar-refractivity contribution is 7.89. The molecule has 7 heteroatoms. The van der Waals surface area contributed by atoms with Gasteiger partial charge in [-0.25, -0.2) is 8.42 Å². The number of ether oxygens (including phenoxy) is 2. The van der Waals surface area contributed by atoms with Gasteiger partial charge in [-0.3, -0.25) is 4.79 Å². The fourth-order valence-electron chi connectivity index (χ4n) is 3.40.